The van der Waals surface area contributed by atoms with Gasteiger partial charge in [-0.25, -0.2) is 4.98 Å². The lowest BCUT2D eigenvalue weighted by atomic mass is 9.95. The number of H-pyrrole nitrogens is 1. The van der Waals surface area contributed by atoms with Crippen molar-refractivity contribution in [3.63, 3.8) is 0 Å². The monoisotopic (exact) mass is 408 g/mol. The molecule has 2 aromatic carbocycles. The topological polar surface area (TPSA) is 86.9 Å². The van der Waals surface area contributed by atoms with Gasteiger partial charge in [0, 0.05) is 39.2 Å². The quantitative estimate of drug-likeness (QED) is 0.456. The molecule has 0 atom stereocenters. The van der Waals surface area contributed by atoms with Gasteiger partial charge in [0.1, 0.15) is 0 Å². The Balaban J connectivity index is 1.62. The summed E-state index contributed by atoms with van der Waals surface area (Å²) in [6, 6.07) is 12.9. The number of imidazole rings is 1. The summed E-state index contributed by atoms with van der Waals surface area (Å²) in [6.07, 6.45) is 5.06. The number of aromatic amines is 1. The first kappa shape index (κ1) is 16.3. The second-order valence-corrected chi connectivity index (χ2v) is 6.62. The number of carbonyl (C=O) groups excluding carboxylic acids is 2. The fourth-order valence-corrected chi connectivity index (χ4v) is 3.11. The lowest BCUT2D eigenvalue weighted by molar-refractivity contribution is -0.114. The Morgan fingerprint density at radius 2 is 1.81 bits per heavy atom. The molecule has 128 valence electrons. The van der Waals surface area contributed by atoms with Crippen LogP contribution < -0.4 is 10.6 Å². The molecule has 2 amide bonds. The molecule has 0 saturated heterocycles. The van der Waals surface area contributed by atoms with E-state index in [1.54, 1.807) is 30.7 Å². The summed E-state index contributed by atoms with van der Waals surface area (Å²) in [5.41, 5.74) is 4.12. The standard InChI is InChI=1S/C19H13BrN4O2/c20-12-3-6-14-15(7-12)16(19(26)24-18(14)25)8-22-13-4-1-11(2-5-13)17-9-21-10-23-17/h1-10,22H,(H,21,23)(H,24,25,26). The summed E-state index contributed by atoms with van der Waals surface area (Å²) >= 11 is 3.38. The zero-order chi connectivity index (χ0) is 18.1. The Morgan fingerprint density at radius 1 is 1.00 bits per heavy atom. The van der Waals surface area contributed by atoms with E-state index in [0.29, 0.717) is 16.7 Å². The third-order valence-electron chi connectivity index (χ3n) is 4.05. The highest BCUT2D eigenvalue weighted by atomic mass is 79.9. The number of hydrogen-bond donors (Lipinski definition) is 3. The normalized spacial score (nSPS) is 14.9. The van der Waals surface area contributed by atoms with E-state index >= 15 is 0 Å². The number of hydrogen-bond acceptors (Lipinski definition) is 4. The van der Waals surface area contributed by atoms with E-state index in [1.807, 2.05) is 30.5 Å². The van der Waals surface area contributed by atoms with Crippen LogP contribution in [-0.2, 0) is 4.79 Å². The maximum absolute atomic E-state index is 12.2. The second-order valence-electron chi connectivity index (χ2n) is 5.71. The van der Waals surface area contributed by atoms with E-state index in [9.17, 15) is 9.59 Å². The van der Waals surface area contributed by atoms with Crippen LogP contribution in [0.25, 0.3) is 16.8 Å². The second kappa shape index (κ2) is 6.61. The molecule has 7 heteroatoms. The Labute approximate surface area is 157 Å². The van der Waals surface area contributed by atoms with Gasteiger partial charge >= 0.3 is 0 Å². The zero-order valence-corrected chi connectivity index (χ0v) is 15.0. The summed E-state index contributed by atoms with van der Waals surface area (Å²) in [5, 5.41) is 5.47. The van der Waals surface area contributed by atoms with Crippen LogP contribution in [0.2, 0.25) is 0 Å². The average Bonchev–Trinajstić information content (AvgIpc) is 3.16. The highest BCUT2D eigenvalue weighted by Gasteiger charge is 2.27. The van der Waals surface area contributed by atoms with Gasteiger partial charge in [-0.2, -0.15) is 0 Å². The molecule has 2 heterocycles. The minimum atomic E-state index is -0.429. The third kappa shape index (κ3) is 3.04. The van der Waals surface area contributed by atoms with Crippen LogP contribution in [0.3, 0.4) is 0 Å². The van der Waals surface area contributed by atoms with E-state index in [1.165, 1.54) is 0 Å². The molecule has 1 aliphatic rings. The van der Waals surface area contributed by atoms with Crippen molar-refractivity contribution < 1.29 is 9.59 Å². The first-order chi connectivity index (χ1) is 12.6. The van der Waals surface area contributed by atoms with Crippen molar-refractivity contribution in [1.82, 2.24) is 15.3 Å². The van der Waals surface area contributed by atoms with Gasteiger partial charge in [-0.05, 0) is 30.3 Å². The molecule has 6 nitrogen and oxygen atoms in total. The number of aromatic nitrogens is 2. The maximum atomic E-state index is 12.2. The summed E-state index contributed by atoms with van der Waals surface area (Å²) in [4.78, 5) is 31.3. The number of fused-ring (bicyclic) bond motifs is 1. The Bertz CT molecular complexity index is 1020. The molecule has 0 saturated carbocycles. The van der Waals surface area contributed by atoms with Gasteiger partial charge in [0.2, 0.25) is 0 Å². The van der Waals surface area contributed by atoms with Gasteiger partial charge < -0.3 is 10.3 Å². The molecule has 3 aromatic rings. The van der Waals surface area contributed by atoms with Gasteiger partial charge in [-0.15, -0.1) is 0 Å². The van der Waals surface area contributed by atoms with Gasteiger partial charge in [-0.3, -0.25) is 14.9 Å². The predicted molar refractivity (Wildman–Crippen MR) is 102 cm³/mol. The third-order valence-corrected chi connectivity index (χ3v) is 4.54. The number of rotatable bonds is 3. The summed E-state index contributed by atoms with van der Waals surface area (Å²) in [6.45, 7) is 0. The zero-order valence-electron chi connectivity index (χ0n) is 13.4. The Kier molecular flexibility index (Phi) is 4.14. The number of anilines is 1. The molecule has 26 heavy (non-hydrogen) atoms. The average molecular weight is 409 g/mol. The molecule has 4 rings (SSSR count). The fraction of sp³-hybridized carbons (Fsp3) is 0. The van der Waals surface area contributed by atoms with Crippen LogP contribution in [0.5, 0.6) is 0 Å². The molecule has 3 N–H and O–H groups in total. The number of benzene rings is 2. The molecule has 1 aliphatic heterocycles. The molecule has 0 aliphatic carbocycles. The van der Waals surface area contributed by atoms with E-state index < -0.39 is 11.8 Å². The van der Waals surface area contributed by atoms with Gasteiger partial charge in [0.15, 0.2) is 0 Å². The summed E-state index contributed by atoms with van der Waals surface area (Å²) < 4.78 is 0.799. The first-order valence-electron chi connectivity index (χ1n) is 7.83. The smallest absolute Gasteiger partial charge is 0.260 e. The molecular weight excluding hydrogens is 396 g/mol. The van der Waals surface area contributed by atoms with Crippen molar-refractivity contribution in [3.8, 4) is 11.3 Å². The SMILES string of the molecule is O=C1NC(=O)c2ccc(Br)cc2C1=CNc1ccc(-c2c[nH]cn2)cc1. The molecule has 0 radical (unpaired) electrons. The van der Waals surface area contributed by atoms with Crippen LogP contribution >= 0.6 is 15.9 Å². The number of halogens is 1. The van der Waals surface area contributed by atoms with Crippen molar-refractivity contribution in [1.29, 1.82) is 0 Å². The Morgan fingerprint density at radius 3 is 2.54 bits per heavy atom. The van der Waals surface area contributed by atoms with Gasteiger partial charge in [0.05, 0.1) is 17.6 Å². The van der Waals surface area contributed by atoms with Gasteiger partial charge in [-0.1, -0.05) is 28.1 Å². The van der Waals surface area contributed by atoms with Crippen molar-refractivity contribution in [3.05, 3.63) is 76.8 Å². The van der Waals surface area contributed by atoms with Crippen molar-refractivity contribution in [2.24, 2.45) is 0 Å². The number of nitrogens with zero attached hydrogens (tertiary/aromatic N) is 1. The van der Waals surface area contributed by atoms with Crippen LogP contribution in [0, 0.1) is 0 Å². The summed E-state index contributed by atoms with van der Waals surface area (Å²) in [5.74, 6) is -0.820. The number of imide groups is 1. The number of carbonyl (C=O) groups is 2. The maximum Gasteiger partial charge on any atom is 0.260 e. The minimum absolute atomic E-state index is 0.391. The van der Waals surface area contributed by atoms with Crippen LogP contribution in [0.1, 0.15) is 15.9 Å². The fourth-order valence-electron chi connectivity index (χ4n) is 2.75. The number of amides is 2. The van der Waals surface area contributed by atoms with Crippen molar-refractivity contribution >= 4 is 39.0 Å². The largest absolute Gasteiger partial charge is 0.361 e. The molecule has 1 aromatic heterocycles. The van der Waals surface area contributed by atoms with E-state index in [4.69, 9.17) is 0 Å². The van der Waals surface area contributed by atoms with E-state index in [0.717, 1.165) is 21.4 Å². The predicted octanol–water partition coefficient (Wildman–Crippen LogP) is 3.56. The first-order valence-corrected chi connectivity index (χ1v) is 8.62. The lowest BCUT2D eigenvalue weighted by Crippen LogP contribution is -2.36. The van der Waals surface area contributed by atoms with Crippen molar-refractivity contribution in [2.75, 3.05) is 5.32 Å². The Hall–Kier alpha value is -3.19. The number of nitrogens with one attached hydrogen (secondary N) is 3. The van der Waals surface area contributed by atoms with E-state index in [-0.39, 0.29) is 0 Å². The van der Waals surface area contributed by atoms with E-state index in [2.05, 4.69) is 36.5 Å². The molecule has 0 bridgehead atoms. The van der Waals surface area contributed by atoms with Crippen LogP contribution in [-0.4, -0.2) is 21.8 Å². The van der Waals surface area contributed by atoms with Crippen LogP contribution in [0.15, 0.2) is 65.7 Å². The minimum Gasteiger partial charge on any atom is -0.361 e. The van der Waals surface area contributed by atoms with Gasteiger partial charge in [0.25, 0.3) is 11.8 Å². The lowest BCUT2D eigenvalue weighted by Gasteiger charge is -2.18. The highest BCUT2D eigenvalue weighted by Crippen LogP contribution is 2.27. The summed E-state index contributed by atoms with van der Waals surface area (Å²) in [7, 11) is 0. The molecule has 0 fully saturated rings. The molecular formula is C19H13BrN4O2. The molecule has 0 spiro atoms. The molecule has 0 unspecified atom stereocenters. The highest BCUT2D eigenvalue weighted by molar-refractivity contribution is 9.10. The van der Waals surface area contributed by atoms with Crippen molar-refractivity contribution in [2.45, 2.75) is 0 Å². The van der Waals surface area contributed by atoms with Crippen LogP contribution in [0.4, 0.5) is 5.69 Å².